The van der Waals surface area contributed by atoms with Crippen molar-refractivity contribution in [2.75, 3.05) is 38.1 Å². The van der Waals surface area contributed by atoms with Crippen molar-refractivity contribution in [3.63, 3.8) is 0 Å². The van der Waals surface area contributed by atoms with Crippen LogP contribution < -0.4 is 5.32 Å². The van der Waals surface area contributed by atoms with E-state index in [1.165, 1.54) is 11.1 Å². The van der Waals surface area contributed by atoms with E-state index < -0.39 is 0 Å². The molecule has 1 saturated heterocycles. The van der Waals surface area contributed by atoms with E-state index in [-0.39, 0.29) is 12.0 Å². The summed E-state index contributed by atoms with van der Waals surface area (Å²) < 4.78 is 5.02. The van der Waals surface area contributed by atoms with Crippen LogP contribution in [0.3, 0.4) is 0 Å². The van der Waals surface area contributed by atoms with Crippen LogP contribution in [0.25, 0.3) is 0 Å². The van der Waals surface area contributed by atoms with E-state index in [2.05, 4.69) is 22.2 Å². The molecule has 0 atom stereocenters. The van der Waals surface area contributed by atoms with Crippen molar-refractivity contribution in [1.82, 2.24) is 19.8 Å². The third-order valence-electron chi connectivity index (χ3n) is 4.93. The number of carbonyl (C=O) groups is 2. The number of anilines is 2. The van der Waals surface area contributed by atoms with Gasteiger partial charge in [-0.15, -0.1) is 0 Å². The van der Waals surface area contributed by atoms with Gasteiger partial charge in [-0.25, -0.2) is 14.8 Å². The second-order valence-corrected chi connectivity index (χ2v) is 7.12. The normalized spacial score (nSPS) is 13.9. The molecule has 0 unspecified atom stereocenters. The monoisotopic (exact) mass is 397 g/mol. The van der Waals surface area contributed by atoms with Crippen molar-refractivity contribution >= 4 is 23.6 Å². The average molecular weight is 397 g/mol. The van der Waals surface area contributed by atoms with Gasteiger partial charge in [-0.1, -0.05) is 6.07 Å². The zero-order chi connectivity index (χ0) is 21.0. The molecular weight excluding hydrogens is 370 g/mol. The fourth-order valence-corrected chi connectivity index (χ4v) is 3.15. The Kier molecular flexibility index (Phi) is 6.31. The third-order valence-corrected chi connectivity index (χ3v) is 4.93. The Morgan fingerprint density at radius 3 is 2.34 bits per heavy atom. The molecule has 8 heteroatoms. The Labute approximate surface area is 170 Å². The van der Waals surface area contributed by atoms with E-state index >= 15 is 0 Å². The number of rotatable bonds is 4. The van der Waals surface area contributed by atoms with Crippen LogP contribution in [0.15, 0.2) is 24.3 Å². The summed E-state index contributed by atoms with van der Waals surface area (Å²) in [4.78, 5) is 36.9. The minimum Gasteiger partial charge on any atom is -0.450 e. The predicted molar refractivity (Wildman–Crippen MR) is 110 cm³/mol. The summed E-state index contributed by atoms with van der Waals surface area (Å²) in [5.41, 5.74) is 4.30. The number of nitrogens with one attached hydrogen (secondary N) is 1. The Hall–Kier alpha value is -3.16. The number of nitrogens with zero attached hydrogens (tertiary/aromatic N) is 4. The molecule has 1 aliphatic heterocycles. The van der Waals surface area contributed by atoms with Gasteiger partial charge in [-0.2, -0.15) is 0 Å². The molecule has 0 bridgehead atoms. The number of piperazine rings is 1. The average Bonchev–Trinajstić information content (AvgIpc) is 2.70. The summed E-state index contributed by atoms with van der Waals surface area (Å²) in [6.45, 7) is 9.84. The van der Waals surface area contributed by atoms with Crippen LogP contribution in [0.5, 0.6) is 0 Å². The topological polar surface area (TPSA) is 87.7 Å². The third kappa shape index (κ3) is 5.01. The fourth-order valence-electron chi connectivity index (χ4n) is 3.15. The molecule has 8 nitrogen and oxygen atoms in total. The quantitative estimate of drug-likeness (QED) is 0.853. The van der Waals surface area contributed by atoms with Crippen molar-refractivity contribution in [1.29, 1.82) is 0 Å². The first-order chi connectivity index (χ1) is 13.9. The summed E-state index contributed by atoms with van der Waals surface area (Å²) in [5, 5.41) is 3.18. The van der Waals surface area contributed by atoms with Crippen molar-refractivity contribution in [2.24, 2.45) is 0 Å². The van der Waals surface area contributed by atoms with Crippen LogP contribution in [-0.2, 0) is 4.74 Å². The highest BCUT2D eigenvalue weighted by Gasteiger charge is 2.26. The number of aryl methyl sites for hydroxylation is 3. The van der Waals surface area contributed by atoms with Gasteiger partial charge in [0.2, 0.25) is 5.95 Å². The van der Waals surface area contributed by atoms with Crippen molar-refractivity contribution in [3.05, 3.63) is 46.8 Å². The zero-order valence-electron chi connectivity index (χ0n) is 17.4. The molecule has 1 fully saturated rings. The van der Waals surface area contributed by atoms with Crippen LogP contribution in [0, 0.1) is 20.8 Å². The van der Waals surface area contributed by atoms with Crippen LogP contribution in [0.4, 0.5) is 16.4 Å². The zero-order valence-corrected chi connectivity index (χ0v) is 17.4. The summed E-state index contributed by atoms with van der Waals surface area (Å²) in [7, 11) is 0. The lowest BCUT2D eigenvalue weighted by Crippen LogP contribution is -2.50. The Balaban J connectivity index is 1.70. The molecule has 2 aromatic rings. The standard InChI is InChI=1S/C21H27N5O3/c1-5-29-21(28)26-10-8-25(9-11-26)19(27)18-13-16(4)22-20(24-18)23-17-7-6-14(2)15(3)12-17/h6-7,12-13H,5,8-11H2,1-4H3,(H,22,23,24). The van der Waals surface area contributed by atoms with Gasteiger partial charge >= 0.3 is 6.09 Å². The smallest absolute Gasteiger partial charge is 0.409 e. The second-order valence-electron chi connectivity index (χ2n) is 7.12. The number of amides is 2. The molecule has 29 heavy (non-hydrogen) atoms. The van der Waals surface area contributed by atoms with E-state index in [0.29, 0.717) is 50.1 Å². The van der Waals surface area contributed by atoms with E-state index in [0.717, 1.165) is 5.69 Å². The number of aromatic nitrogens is 2. The minimum absolute atomic E-state index is 0.165. The first-order valence-electron chi connectivity index (χ1n) is 9.78. The lowest BCUT2D eigenvalue weighted by molar-refractivity contribution is 0.0566. The van der Waals surface area contributed by atoms with Gasteiger partial charge in [0.15, 0.2) is 0 Å². The lowest BCUT2D eigenvalue weighted by Gasteiger charge is -2.33. The largest absolute Gasteiger partial charge is 0.450 e. The van der Waals surface area contributed by atoms with Gasteiger partial charge < -0.3 is 19.9 Å². The molecule has 1 aromatic heterocycles. The molecule has 2 heterocycles. The molecule has 1 aromatic carbocycles. The molecule has 0 aliphatic carbocycles. The highest BCUT2D eigenvalue weighted by molar-refractivity contribution is 5.93. The minimum atomic E-state index is -0.336. The van der Waals surface area contributed by atoms with Crippen LogP contribution in [0.2, 0.25) is 0 Å². The number of benzene rings is 1. The molecule has 3 rings (SSSR count). The number of hydrogen-bond donors (Lipinski definition) is 1. The Bertz CT molecular complexity index is 907. The van der Waals surface area contributed by atoms with Crippen molar-refractivity contribution in [3.8, 4) is 0 Å². The SMILES string of the molecule is CCOC(=O)N1CCN(C(=O)c2cc(C)nc(Nc3ccc(C)c(C)c3)n2)CC1. The van der Waals surface area contributed by atoms with Gasteiger partial charge in [0, 0.05) is 37.6 Å². The molecule has 2 amide bonds. The Morgan fingerprint density at radius 2 is 1.69 bits per heavy atom. The first kappa shape index (κ1) is 20.6. The van der Waals surface area contributed by atoms with Crippen molar-refractivity contribution < 1.29 is 14.3 Å². The number of hydrogen-bond acceptors (Lipinski definition) is 6. The molecule has 0 spiro atoms. The summed E-state index contributed by atoms with van der Waals surface area (Å²) in [5.74, 6) is 0.226. The van der Waals surface area contributed by atoms with E-state index in [9.17, 15) is 9.59 Å². The van der Waals surface area contributed by atoms with Gasteiger partial charge in [0.25, 0.3) is 5.91 Å². The maximum atomic E-state index is 12.9. The van der Waals surface area contributed by atoms with Gasteiger partial charge in [-0.3, -0.25) is 4.79 Å². The maximum Gasteiger partial charge on any atom is 0.409 e. The van der Waals surface area contributed by atoms with E-state index in [1.807, 2.05) is 32.0 Å². The molecule has 0 radical (unpaired) electrons. The van der Waals surface area contributed by atoms with Crippen LogP contribution in [0.1, 0.15) is 34.2 Å². The summed E-state index contributed by atoms with van der Waals surface area (Å²) >= 11 is 0. The molecular formula is C21H27N5O3. The second kappa shape index (κ2) is 8.89. The number of ether oxygens (including phenoxy) is 1. The fraction of sp³-hybridized carbons (Fsp3) is 0.429. The predicted octanol–water partition coefficient (Wildman–Crippen LogP) is 3.06. The van der Waals surface area contributed by atoms with E-state index in [1.54, 1.807) is 22.8 Å². The Morgan fingerprint density at radius 1 is 1.00 bits per heavy atom. The van der Waals surface area contributed by atoms with Crippen molar-refractivity contribution in [2.45, 2.75) is 27.7 Å². The van der Waals surface area contributed by atoms with Crippen LogP contribution in [-0.4, -0.2) is 64.6 Å². The molecule has 0 saturated carbocycles. The van der Waals surface area contributed by atoms with Gasteiger partial charge in [0.05, 0.1) is 6.61 Å². The highest BCUT2D eigenvalue weighted by atomic mass is 16.6. The first-order valence-corrected chi connectivity index (χ1v) is 9.78. The van der Waals surface area contributed by atoms with Gasteiger partial charge in [0.1, 0.15) is 5.69 Å². The molecule has 1 N–H and O–H groups in total. The summed E-state index contributed by atoms with van der Waals surface area (Å²) in [6.07, 6.45) is -0.336. The maximum absolute atomic E-state index is 12.9. The van der Waals surface area contributed by atoms with E-state index in [4.69, 9.17) is 4.74 Å². The molecule has 1 aliphatic rings. The molecule has 154 valence electrons. The van der Waals surface area contributed by atoms with Gasteiger partial charge in [-0.05, 0) is 57.0 Å². The summed E-state index contributed by atoms with van der Waals surface area (Å²) in [6, 6.07) is 7.70. The van der Waals surface area contributed by atoms with Crippen LogP contribution >= 0.6 is 0 Å². The lowest BCUT2D eigenvalue weighted by atomic mass is 10.1. The highest BCUT2D eigenvalue weighted by Crippen LogP contribution is 2.18. The number of carbonyl (C=O) groups excluding carboxylic acids is 2.